The molecule has 1 aromatic rings. The van der Waals surface area contributed by atoms with Gasteiger partial charge in [0.25, 0.3) is 0 Å². The van der Waals surface area contributed by atoms with Crippen LogP contribution < -0.4 is 4.74 Å². The molecule has 0 spiro atoms. The molecule has 1 atom stereocenters. The van der Waals surface area contributed by atoms with Crippen molar-refractivity contribution in [1.82, 2.24) is 0 Å². The Labute approximate surface area is 105 Å². The maximum Gasteiger partial charge on any atom is 0.349 e. The van der Waals surface area contributed by atoms with E-state index >= 15 is 0 Å². The molecule has 0 amide bonds. The first kappa shape index (κ1) is 13.6. The number of hydrogen-bond acceptors (Lipinski definition) is 4. The summed E-state index contributed by atoms with van der Waals surface area (Å²) in [5.41, 5.74) is -1.07. The van der Waals surface area contributed by atoms with E-state index in [0.717, 1.165) is 0 Å². The van der Waals surface area contributed by atoms with Crippen LogP contribution in [0.3, 0.4) is 0 Å². The topological polar surface area (TPSA) is 55.8 Å². The van der Waals surface area contributed by atoms with E-state index in [1.165, 1.54) is 19.2 Å². The van der Waals surface area contributed by atoms with Gasteiger partial charge in [0, 0.05) is 6.07 Å². The number of carbonyl (C=O) groups excluding carboxylic acids is 1. The Kier molecular flexibility index (Phi) is 4.23. The van der Waals surface area contributed by atoms with Crippen molar-refractivity contribution >= 4 is 17.6 Å². The summed E-state index contributed by atoms with van der Waals surface area (Å²) < 4.78 is 10.2. The number of halogens is 1. The largest absolute Gasteiger partial charge is 0.506 e. The molecule has 0 bridgehead atoms. The van der Waals surface area contributed by atoms with Crippen LogP contribution in [0.2, 0.25) is 5.02 Å². The number of hydrogen-bond donors (Lipinski definition) is 1. The van der Waals surface area contributed by atoms with Crippen LogP contribution in [0.4, 0.5) is 0 Å². The van der Waals surface area contributed by atoms with Gasteiger partial charge in [-0.3, -0.25) is 0 Å². The lowest BCUT2D eigenvalue weighted by Gasteiger charge is -2.26. The lowest BCUT2D eigenvalue weighted by molar-refractivity contribution is -0.157. The van der Waals surface area contributed by atoms with E-state index < -0.39 is 11.6 Å². The standard InChI is InChI=1S/C12H15ClO4/c1-4-12(2,11(15)16-3)17-8-5-6-9(13)10(14)7-8/h5-7,14H,4H2,1-3H3/t12-/m0/s1. The SMILES string of the molecule is CC[C@](C)(Oc1ccc(Cl)c(O)c1)C(=O)OC. The number of esters is 1. The Morgan fingerprint density at radius 2 is 2.18 bits per heavy atom. The fourth-order valence-electron chi connectivity index (χ4n) is 1.29. The summed E-state index contributed by atoms with van der Waals surface area (Å²) in [6, 6.07) is 4.44. The quantitative estimate of drug-likeness (QED) is 0.844. The molecule has 1 rings (SSSR count). The second-order valence-corrected chi connectivity index (χ2v) is 4.20. The third-order valence-corrected chi connectivity index (χ3v) is 2.87. The number of carbonyl (C=O) groups is 1. The van der Waals surface area contributed by atoms with Gasteiger partial charge < -0.3 is 14.6 Å². The van der Waals surface area contributed by atoms with E-state index in [1.54, 1.807) is 13.0 Å². The minimum atomic E-state index is -1.07. The third-order valence-electron chi connectivity index (χ3n) is 2.55. The second-order valence-electron chi connectivity index (χ2n) is 3.79. The molecule has 4 nitrogen and oxygen atoms in total. The number of benzene rings is 1. The molecule has 0 fully saturated rings. The van der Waals surface area contributed by atoms with Gasteiger partial charge in [0.05, 0.1) is 12.1 Å². The minimum absolute atomic E-state index is 0.0903. The number of methoxy groups -OCH3 is 1. The van der Waals surface area contributed by atoms with Crippen LogP contribution in [0.25, 0.3) is 0 Å². The lowest BCUT2D eigenvalue weighted by Crippen LogP contribution is -2.41. The molecule has 0 radical (unpaired) electrons. The summed E-state index contributed by atoms with van der Waals surface area (Å²) in [4.78, 5) is 11.6. The highest BCUT2D eigenvalue weighted by Gasteiger charge is 2.35. The average molecular weight is 259 g/mol. The van der Waals surface area contributed by atoms with Gasteiger partial charge in [0.1, 0.15) is 11.5 Å². The molecule has 0 aliphatic carbocycles. The van der Waals surface area contributed by atoms with E-state index in [1.807, 2.05) is 6.92 Å². The highest BCUT2D eigenvalue weighted by molar-refractivity contribution is 6.32. The Morgan fingerprint density at radius 1 is 1.53 bits per heavy atom. The predicted octanol–water partition coefficient (Wildman–Crippen LogP) is 2.77. The smallest absolute Gasteiger partial charge is 0.349 e. The minimum Gasteiger partial charge on any atom is -0.506 e. The van der Waals surface area contributed by atoms with Crippen LogP contribution >= 0.6 is 11.6 Å². The van der Waals surface area contributed by atoms with Crippen LogP contribution in [0.1, 0.15) is 20.3 Å². The maximum absolute atomic E-state index is 11.6. The molecule has 0 saturated heterocycles. The first-order chi connectivity index (χ1) is 7.92. The van der Waals surface area contributed by atoms with Gasteiger partial charge in [0.2, 0.25) is 5.60 Å². The van der Waals surface area contributed by atoms with Gasteiger partial charge in [-0.25, -0.2) is 4.79 Å². The number of aromatic hydroxyl groups is 1. The fraction of sp³-hybridized carbons (Fsp3) is 0.417. The molecule has 0 heterocycles. The van der Waals surface area contributed by atoms with Crippen LogP contribution in [0.15, 0.2) is 18.2 Å². The Morgan fingerprint density at radius 3 is 2.65 bits per heavy atom. The van der Waals surface area contributed by atoms with E-state index in [9.17, 15) is 9.90 Å². The summed E-state index contributed by atoms with van der Waals surface area (Å²) in [5.74, 6) is -0.191. The summed E-state index contributed by atoms with van der Waals surface area (Å²) >= 11 is 5.68. The second kappa shape index (κ2) is 5.27. The molecule has 0 saturated carbocycles. The van der Waals surface area contributed by atoms with Gasteiger partial charge >= 0.3 is 5.97 Å². The molecule has 0 aliphatic rings. The van der Waals surface area contributed by atoms with Gasteiger partial charge in [-0.05, 0) is 25.5 Å². The molecular weight excluding hydrogens is 244 g/mol. The summed E-state index contributed by atoms with van der Waals surface area (Å²) in [5, 5.41) is 9.67. The van der Waals surface area contributed by atoms with Crippen molar-refractivity contribution < 1.29 is 19.4 Å². The molecule has 0 aromatic heterocycles. The average Bonchev–Trinajstić information content (AvgIpc) is 2.32. The number of ether oxygens (including phenoxy) is 2. The van der Waals surface area contributed by atoms with Crippen molar-refractivity contribution in [2.45, 2.75) is 25.9 Å². The molecule has 17 heavy (non-hydrogen) atoms. The Hall–Kier alpha value is -1.42. The van der Waals surface area contributed by atoms with Crippen molar-refractivity contribution in [2.75, 3.05) is 7.11 Å². The summed E-state index contributed by atoms with van der Waals surface area (Å²) in [7, 11) is 1.30. The van der Waals surface area contributed by atoms with E-state index in [4.69, 9.17) is 16.3 Å². The van der Waals surface area contributed by atoms with Crippen molar-refractivity contribution in [3.8, 4) is 11.5 Å². The van der Waals surface area contributed by atoms with Gasteiger partial charge in [-0.15, -0.1) is 0 Å². The summed E-state index contributed by atoms with van der Waals surface area (Å²) in [6.45, 7) is 3.44. The highest BCUT2D eigenvalue weighted by atomic mass is 35.5. The molecular formula is C12H15ClO4. The Bertz CT molecular complexity index is 419. The van der Waals surface area contributed by atoms with E-state index in [0.29, 0.717) is 12.2 Å². The number of rotatable bonds is 4. The molecule has 1 aromatic carbocycles. The van der Waals surface area contributed by atoms with Crippen LogP contribution in [-0.2, 0) is 9.53 Å². The molecule has 5 heteroatoms. The zero-order valence-electron chi connectivity index (χ0n) is 9.99. The van der Waals surface area contributed by atoms with Crippen LogP contribution in [0, 0.1) is 0 Å². The highest BCUT2D eigenvalue weighted by Crippen LogP contribution is 2.30. The fourth-order valence-corrected chi connectivity index (χ4v) is 1.41. The van der Waals surface area contributed by atoms with Crippen molar-refractivity contribution in [2.24, 2.45) is 0 Å². The van der Waals surface area contributed by atoms with Crippen molar-refractivity contribution in [3.63, 3.8) is 0 Å². The normalized spacial score (nSPS) is 13.9. The monoisotopic (exact) mass is 258 g/mol. The first-order valence-electron chi connectivity index (χ1n) is 5.19. The molecule has 1 N–H and O–H groups in total. The van der Waals surface area contributed by atoms with Crippen molar-refractivity contribution in [1.29, 1.82) is 0 Å². The number of phenols is 1. The van der Waals surface area contributed by atoms with Gasteiger partial charge in [-0.2, -0.15) is 0 Å². The lowest BCUT2D eigenvalue weighted by atomic mass is 10.0. The maximum atomic E-state index is 11.6. The van der Waals surface area contributed by atoms with Gasteiger partial charge in [0.15, 0.2) is 0 Å². The zero-order valence-corrected chi connectivity index (χ0v) is 10.7. The van der Waals surface area contributed by atoms with Crippen LogP contribution in [0.5, 0.6) is 11.5 Å². The predicted molar refractivity (Wildman–Crippen MR) is 64.5 cm³/mol. The van der Waals surface area contributed by atoms with E-state index in [2.05, 4.69) is 4.74 Å². The molecule has 94 valence electrons. The first-order valence-corrected chi connectivity index (χ1v) is 5.56. The molecule has 0 aliphatic heterocycles. The van der Waals surface area contributed by atoms with Gasteiger partial charge in [-0.1, -0.05) is 18.5 Å². The molecule has 0 unspecified atom stereocenters. The van der Waals surface area contributed by atoms with E-state index in [-0.39, 0.29) is 10.8 Å². The number of phenolic OH excluding ortho intramolecular Hbond substituents is 1. The van der Waals surface area contributed by atoms with Crippen molar-refractivity contribution in [3.05, 3.63) is 23.2 Å². The summed E-state index contributed by atoms with van der Waals surface area (Å²) in [6.07, 6.45) is 0.447. The third kappa shape index (κ3) is 3.03. The zero-order chi connectivity index (χ0) is 13.1. The Balaban J connectivity index is 2.95. The van der Waals surface area contributed by atoms with Crippen LogP contribution in [-0.4, -0.2) is 23.8 Å².